The summed E-state index contributed by atoms with van der Waals surface area (Å²) < 4.78 is 5.05. The summed E-state index contributed by atoms with van der Waals surface area (Å²) in [7, 11) is 0. The summed E-state index contributed by atoms with van der Waals surface area (Å²) in [5.41, 5.74) is 1.68. The lowest BCUT2D eigenvalue weighted by Gasteiger charge is -2.12. The van der Waals surface area contributed by atoms with Crippen LogP contribution in [0.2, 0.25) is 0 Å². The van der Waals surface area contributed by atoms with E-state index in [1.54, 1.807) is 0 Å². The van der Waals surface area contributed by atoms with Crippen LogP contribution in [-0.2, 0) is 11.3 Å². The van der Waals surface area contributed by atoms with Crippen LogP contribution in [0.5, 0.6) is 0 Å². The number of alkyl carbamates (subject to hydrolysis) is 1. The molecule has 20 heavy (non-hydrogen) atoms. The van der Waals surface area contributed by atoms with Gasteiger partial charge in [-0.3, -0.25) is 0 Å². The van der Waals surface area contributed by atoms with Crippen molar-refractivity contribution in [2.75, 3.05) is 6.54 Å². The standard InChI is InChI=1S/C16H17NO3/c18-15(14-9-5-2-6-10-14)11-17-16(19)20-12-13-7-3-1-4-8-13/h1-10,15,18H,11-12H2,(H,17,19)/t15-/m0/s1. The number of aliphatic hydroxyl groups is 1. The van der Waals surface area contributed by atoms with E-state index in [-0.39, 0.29) is 13.2 Å². The summed E-state index contributed by atoms with van der Waals surface area (Å²) in [6.07, 6.45) is -1.27. The molecular formula is C16H17NO3. The molecule has 0 aliphatic carbocycles. The van der Waals surface area contributed by atoms with E-state index in [0.29, 0.717) is 0 Å². The quantitative estimate of drug-likeness (QED) is 0.879. The van der Waals surface area contributed by atoms with Crippen molar-refractivity contribution in [3.63, 3.8) is 0 Å². The molecular weight excluding hydrogens is 254 g/mol. The lowest BCUT2D eigenvalue weighted by Crippen LogP contribution is -2.28. The average Bonchev–Trinajstić information content (AvgIpc) is 2.52. The van der Waals surface area contributed by atoms with E-state index in [1.165, 1.54) is 0 Å². The van der Waals surface area contributed by atoms with Crippen molar-refractivity contribution in [3.05, 3.63) is 71.8 Å². The van der Waals surface area contributed by atoms with Crippen molar-refractivity contribution >= 4 is 6.09 Å². The summed E-state index contributed by atoms with van der Waals surface area (Å²) in [4.78, 5) is 11.5. The number of ether oxygens (including phenoxy) is 1. The molecule has 0 saturated heterocycles. The van der Waals surface area contributed by atoms with Gasteiger partial charge in [-0.15, -0.1) is 0 Å². The number of benzene rings is 2. The molecule has 2 aromatic carbocycles. The highest BCUT2D eigenvalue weighted by Crippen LogP contribution is 2.10. The van der Waals surface area contributed by atoms with Crippen molar-refractivity contribution in [1.82, 2.24) is 5.32 Å². The maximum atomic E-state index is 11.5. The molecule has 0 saturated carbocycles. The number of carbonyl (C=O) groups is 1. The van der Waals surface area contributed by atoms with Gasteiger partial charge in [-0.25, -0.2) is 4.79 Å². The van der Waals surface area contributed by atoms with E-state index in [4.69, 9.17) is 4.74 Å². The maximum absolute atomic E-state index is 11.5. The number of aliphatic hydroxyl groups excluding tert-OH is 1. The van der Waals surface area contributed by atoms with Gasteiger partial charge in [0.25, 0.3) is 0 Å². The average molecular weight is 271 g/mol. The Morgan fingerprint density at radius 3 is 2.30 bits per heavy atom. The largest absolute Gasteiger partial charge is 0.445 e. The van der Waals surface area contributed by atoms with E-state index >= 15 is 0 Å². The summed E-state index contributed by atoms with van der Waals surface area (Å²) in [5, 5.41) is 12.4. The van der Waals surface area contributed by atoms with Crippen LogP contribution in [0, 0.1) is 0 Å². The molecule has 1 amide bonds. The Bertz CT molecular complexity index is 528. The Labute approximate surface area is 118 Å². The van der Waals surface area contributed by atoms with Crippen molar-refractivity contribution in [3.8, 4) is 0 Å². The number of amides is 1. The third-order valence-corrected chi connectivity index (χ3v) is 2.84. The number of rotatable bonds is 5. The number of hydrogen-bond acceptors (Lipinski definition) is 3. The molecule has 2 N–H and O–H groups in total. The van der Waals surface area contributed by atoms with Crippen molar-refractivity contribution in [1.29, 1.82) is 0 Å². The van der Waals surface area contributed by atoms with Gasteiger partial charge in [0.2, 0.25) is 0 Å². The molecule has 4 heteroatoms. The lowest BCUT2D eigenvalue weighted by molar-refractivity contribution is 0.126. The molecule has 0 aliphatic rings. The fraction of sp³-hybridized carbons (Fsp3) is 0.188. The van der Waals surface area contributed by atoms with Gasteiger partial charge in [0.15, 0.2) is 0 Å². The first-order chi connectivity index (χ1) is 9.75. The molecule has 1 atom stereocenters. The fourth-order valence-corrected chi connectivity index (χ4v) is 1.75. The Kier molecular flexibility index (Phi) is 5.15. The normalized spacial score (nSPS) is 11.7. The van der Waals surface area contributed by atoms with Gasteiger partial charge < -0.3 is 15.2 Å². The molecule has 0 aliphatic heterocycles. The Hall–Kier alpha value is -2.33. The second-order valence-corrected chi connectivity index (χ2v) is 4.37. The number of hydrogen-bond donors (Lipinski definition) is 2. The van der Waals surface area contributed by atoms with E-state index in [9.17, 15) is 9.90 Å². The third-order valence-electron chi connectivity index (χ3n) is 2.84. The van der Waals surface area contributed by atoms with Crippen LogP contribution < -0.4 is 5.32 Å². The summed E-state index contributed by atoms with van der Waals surface area (Å²) in [5.74, 6) is 0. The summed E-state index contributed by atoms with van der Waals surface area (Å²) >= 11 is 0. The minimum absolute atomic E-state index is 0.123. The van der Waals surface area contributed by atoms with Gasteiger partial charge in [0, 0.05) is 0 Å². The van der Waals surface area contributed by atoms with Gasteiger partial charge in [-0.2, -0.15) is 0 Å². The highest BCUT2D eigenvalue weighted by molar-refractivity contribution is 5.67. The van der Waals surface area contributed by atoms with Crippen LogP contribution in [0.3, 0.4) is 0 Å². The molecule has 0 unspecified atom stereocenters. The second kappa shape index (κ2) is 7.31. The molecule has 0 aromatic heterocycles. The van der Waals surface area contributed by atoms with Gasteiger partial charge >= 0.3 is 6.09 Å². The monoisotopic (exact) mass is 271 g/mol. The van der Waals surface area contributed by atoms with Crippen LogP contribution in [0.4, 0.5) is 4.79 Å². The van der Waals surface area contributed by atoms with Crippen molar-refractivity contribution in [2.24, 2.45) is 0 Å². The highest BCUT2D eigenvalue weighted by Gasteiger charge is 2.09. The minimum atomic E-state index is -0.736. The van der Waals surface area contributed by atoms with Crippen LogP contribution in [0.15, 0.2) is 60.7 Å². The first-order valence-electron chi connectivity index (χ1n) is 6.43. The zero-order chi connectivity index (χ0) is 14.2. The molecule has 0 fully saturated rings. The van der Waals surface area contributed by atoms with Gasteiger partial charge in [-0.1, -0.05) is 60.7 Å². The van der Waals surface area contributed by atoms with E-state index in [0.717, 1.165) is 11.1 Å². The smallest absolute Gasteiger partial charge is 0.407 e. The topological polar surface area (TPSA) is 58.6 Å². The zero-order valence-electron chi connectivity index (χ0n) is 11.0. The number of nitrogens with one attached hydrogen (secondary N) is 1. The minimum Gasteiger partial charge on any atom is -0.445 e. The van der Waals surface area contributed by atoms with Crippen LogP contribution in [0.1, 0.15) is 17.2 Å². The fourth-order valence-electron chi connectivity index (χ4n) is 1.75. The van der Waals surface area contributed by atoms with Crippen molar-refractivity contribution < 1.29 is 14.6 Å². The first kappa shape index (κ1) is 14.1. The highest BCUT2D eigenvalue weighted by atomic mass is 16.5. The van der Waals surface area contributed by atoms with E-state index < -0.39 is 12.2 Å². The molecule has 0 spiro atoms. The van der Waals surface area contributed by atoms with Gasteiger partial charge in [0.1, 0.15) is 6.61 Å². The molecule has 0 radical (unpaired) electrons. The first-order valence-corrected chi connectivity index (χ1v) is 6.43. The van der Waals surface area contributed by atoms with Gasteiger partial charge in [-0.05, 0) is 11.1 Å². The van der Waals surface area contributed by atoms with Crippen molar-refractivity contribution in [2.45, 2.75) is 12.7 Å². The zero-order valence-corrected chi connectivity index (χ0v) is 11.0. The lowest BCUT2D eigenvalue weighted by atomic mass is 10.1. The summed E-state index contributed by atoms with van der Waals surface area (Å²) in [6, 6.07) is 18.6. The number of carbonyl (C=O) groups excluding carboxylic acids is 1. The molecule has 4 nitrogen and oxygen atoms in total. The Morgan fingerprint density at radius 1 is 1.05 bits per heavy atom. The van der Waals surface area contributed by atoms with Crippen LogP contribution in [-0.4, -0.2) is 17.7 Å². The molecule has 2 rings (SSSR count). The maximum Gasteiger partial charge on any atom is 0.407 e. The van der Waals surface area contributed by atoms with E-state index in [1.807, 2.05) is 60.7 Å². The Morgan fingerprint density at radius 2 is 1.65 bits per heavy atom. The third kappa shape index (κ3) is 4.40. The SMILES string of the molecule is O=C(NC[C@H](O)c1ccccc1)OCc1ccccc1. The Balaban J connectivity index is 1.73. The predicted molar refractivity (Wildman–Crippen MR) is 76.0 cm³/mol. The van der Waals surface area contributed by atoms with Gasteiger partial charge in [0.05, 0.1) is 12.6 Å². The predicted octanol–water partition coefficient (Wildman–Crippen LogP) is 2.65. The van der Waals surface area contributed by atoms with Crippen LogP contribution in [0.25, 0.3) is 0 Å². The molecule has 2 aromatic rings. The molecule has 0 bridgehead atoms. The molecule has 104 valence electrons. The molecule has 0 heterocycles. The van der Waals surface area contributed by atoms with E-state index in [2.05, 4.69) is 5.32 Å². The summed E-state index contributed by atoms with van der Waals surface area (Å²) in [6.45, 7) is 0.339. The van der Waals surface area contributed by atoms with Crippen LogP contribution >= 0.6 is 0 Å². The second-order valence-electron chi connectivity index (χ2n) is 4.37.